The van der Waals surface area contributed by atoms with E-state index in [1.807, 2.05) is 0 Å². The van der Waals surface area contributed by atoms with Crippen molar-refractivity contribution in [3.63, 3.8) is 0 Å². The van der Waals surface area contributed by atoms with E-state index in [2.05, 4.69) is 0 Å². The highest BCUT2D eigenvalue weighted by Crippen LogP contribution is 1.87. The summed E-state index contributed by atoms with van der Waals surface area (Å²) < 4.78 is 13.1. The minimum absolute atomic E-state index is 0.0129. The summed E-state index contributed by atoms with van der Waals surface area (Å²) in [6, 6.07) is 0. The molecule has 1 heterocycles. The average Bonchev–Trinajstić information content (AvgIpc) is 2.14. The number of hydrogen-bond donors (Lipinski definition) is 1. The van der Waals surface area contributed by atoms with Crippen molar-refractivity contribution in [1.82, 2.24) is 9.13 Å². The minimum atomic E-state index is -1.04. The molecule has 1 unspecified atom stereocenters. The van der Waals surface area contributed by atoms with Crippen molar-refractivity contribution in [2.24, 2.45) is 7.05 Å². The number of anilines is 1. The predicted octanol–water partition coefficient (Wildman–Crippen LogP) is -1.49. The van der Waals surface area contributed by atoms with Gasteiger partial charge in [0.2, 0.25) is 0 Å². The van der Waals surface area contributed by atoms with E-state index in [0.717, 1.165) is 4.57 Å². The second-order valence-electron chi connectivity index (χ2n) is 3.21. The maximum atomic E-state index is 11.5. The molecule has 1 aromatic heterocycles. The van der Waals surface area contributed by atoms with Crippen molar-refractivity contribution in [3.05, 3.63) is 27.0 Å². The summed E-state index contributed by atoms with van der Waals surface area (Å²) in [4.78, 5) is 23.0. The van der Waals surface area contributed by atoms with Gasteiger partial charge in [-0.25, -0.2) is 4.79 Å². The smallest absolute Gasteiger partial charge is 0.330 e. The number of aryl methyl sites for hydroxylation is 1. The van der Waals surface area contributed by atoms with E-state index in [0.29, 0.717) is 0 Å². The Morgan fingerprint density at radius 3 is 2.60 bits per heavy atom. The van der Waals surface area contributed by atoms with E-state index in [9.17, 15) is 13.8 Å². The summed E-state index contributed by atoms with van der Waals surface area (Å²) in [5.41, 5.74) is 4.47. The highest BCUT2D eigenvalue weighted by atomic mass is 32.2. The lowest BCUT2D eigenvalue weighted by molar-refractivity contribution is 0.621. The Balaban J connectivity index is 3.22. The molecule has 6 nitrogen and oxygen atoms in total. The molecule has 0 bridgehead atoms. The van der Waals surface area contributed by atoms with Gasteiger partial charge in [-0.1, -0.05) is 0 Å². The number of aromatic nitrogens is 2. The van der Waals surface area contributed by atoms with Gasteiger partial charge in [-0.2, -0.15) is 0 Å². The van der Waals surface area contributed by atoms with E-state index in [1.165, 1.54) is 24.1 Å². The molecule has 0 spiro atoms. The van der Waals surface area contributed by atoms with Crippen LogP contribution >= 0.6 is 0 Å². The standard InChI is InChI=1S/C8H13N3O3S/c1-10-5-6(9)7(12)11(8(10)13)3-4-15(2)14/h5H,3-4,9H2,1-2H3. The number of nitrogens with two attached hydrogens (primary N) is 1. The minimum Gasteiger partial charge on any atom is -0.393 e. The highest BCUT2D eigenvalue weighted by Gasteiger charge is 2.07. The molecule has 0 aliphatic carbocycles. The summed E-state index contributed by atoms with van der Waals surface area (Å²) >= 11 is 0. The largest absolute Gasteiger partial charge is 0.393 e. The van der Waals surface area contributed by atoms with Gasteiger partial charge >= 0.3 is 5.69 Å². The van der Waals surface area contributed by atoms with Crippen LogP contribution in [-0.4, -0.2) is 25.4 Å². The van der Waals surface area contributed by atoms with E-state index in [4.69, 9.17) is 5.73 Å². The normalized spacial score (nSPS) is 12.7. The molecule has 15 heavy (non-hydrogen) atoms. The Morgan fingerprint density at radius 2 is 2.07 bits per heavy atom. The number of hydrogen-bond acceptors (Lipinski definition) is 4. The zero-order valence-corrected chi connectivity index (χ0v) is 9.41. The van der Waals surface area contributed by atoms with E-state index in [1.54, 1.807) is 0 Å². The van der Waals surface area contributed by atoms with Crippen LogP contribution in [0.4, 0.5) is 5.69 Å². The molecule has 0 aliphatic heterocycles. The second kappa shape index (κ2) is 4.43. The molecule has 0 radical (unpaired) electrons. The van der Waals surface area contributed by atoms with Crippen LogP contribution in [0.5, 0.6) is 0 Å². The van der Waals surface area contributed by atoms with Gasteiger partial charge in [0.1, 0.15) is 5.69 Å². The van der Waals surface area contributed by atoms with Gasteiger partial charge in [0.25, 0.3) is 5.56 Å². The van der Waals surface area contributed by atoms with Gasteiger partial charge in [-0.3, -0.25) is 13.6 Å². The van der Waals surface area contributed by atoms with Crippen LogP contribution in [0.1, 0.15) is 0 Å². The lowest BCUT2D eigenvalue weighted by Crippen LogP contribution is -2.40. The van der Waals surface area contributed by atoms with Gasteiger partial charge in [-0.15, -0.1) is 0 Å². The fourth-order valence-electron chi connectivity index (χ4n) is 1.17. The Labute approximate surface area is 88.8 Å². The third-order valence-corrected chi connectivity index (χ3v) is 2.72. The molecular formula is C8H13N3O3S. The first-order chi connectivity index (χ1) is 6.93. The maximum Gasteiger partial charge on any atom is 0.330 e. The van der Waals surface area contributed by atoms with Gasteiger partial charge in [0, 0.05) is 42.6 Å². The topological polar surface area (TPSA) is 87.1 Å². The van der Waals surface area contributed by atoms with Crippen molar-refractivity contribution in [1.29, 1.82) is 0 Å². The second-order valence-corrected chi connectivity index (χ2v) is 4.77. The number of nitrogen functional groups attached to an aromatic ring is 1. The van der Waals surface area contributed by atoms with E-state index in [-0.39, 0.29) is 18.0 Å². The highest BCUT2D eigenvalue weighted by molar-refractivity contribution is 7.84. The predicted molar refractivity (Wildman–Crippen MR) is 59.3 cm³/mol. The molecule has 7 heteroatoms. The number of rotatable bonds is 3. The first kappa shape index (κ1) is 11.7. The van der Waals surface area contributed by atoms with Crippen molar-refractivity contribution < 1.29 is 4.21 Å². The SMILES string of the molecule is Cn1cc(N)c(=O)n(CCS(C)=O)c1=O. The van der Waals surface area contributed by atoms with Crippen molar-refractivity contribution >= 4 is 16.5 Å². The first-order valence-electron chi connectivity index (χ1n) is 4.29. The van der Waals surface area contributed by atoms with Crippen LogP contribution in [-0.2, 0) is 24.4 Å². The monoisotopic (exact) mass is 231 g/mol. The summed E-state index contributed by atoms with van der Waals surface area (Å²) in [6.07, 6.45) is 2.80. The molecule has 0 fully saturated rings. The summed E-state index contributed by atoms with van der Waals surface area (Å²) in [5.74, 6) is 0.262. The molecule has 2 N–H and O–H groups in total. The van der Waals surface area contributed by atoms with Crippen molar-refractivity contribution in [2.75, 3.05) is 17.7 Å². The molecule has 0 amide bonds. The molecule has 0 aromatic carbocycles. The zero-order chi connectivity index (χ0) is 11.6. The average molecular weight is 231 g/mol. The molecule has 0 aliphatic rings. The van der Waals surface area contributed by atoms with Crippen LogP contribution in [0.3, 0.4) is 0 Å². The molecular weight excluding hydrogens is 218 g/mol. The Bertz CT molecular complexity index is 469. The summed E-state index contributed by atoms with van der Waals surface area (Å²) in [5, 5.41) is 0. The van der Waals surface area contributed by atoms with Crippen LogP contribution < -0.4 is 17.0 Å². The number of nitrogens with zero attached hydrogens (tertiary/aromatic N) is 2. The fraction of sp³-hybridized carbons (Fsp3) is 0.500. The molecule has 1 aromatic rings. The van der Waals surface area contributed by atoms with E-state index < -0.39 is 22.0 Å². The van der Waals surface area contributed by atoms with Crippen LogP contribution in [0.25, 0.3) is 0 Å². The Kier molecular flexibility index (Phi) is 3.46. The molecule has 0 saturated heterocycles. The lowest BCUT2D eigenvalue weighted by Gasteiger charge is -2.06. The van der Waals surface area contributed by atoms with Crippen LogP contribution in [0.15, 0.2) is 15.8 Å². The van der Waals surface area contributed by atoms with Gasteiger partial charge in [-0.05, 0) is 0 Å². The quantitative estimate of drug-likeness (QED) is 0.686. The molecule has 84 valence electrons. The Hall–Kier alpha value is -1.37. The Morgan fingerprint density at radius 1 is 1.47 bits per heavy atom. The summed E-state index contributed by atoms with van der Waals surface area (Å²) in [7, 11) is 0.467. The lowest BCUT2D eigenvalue weighted by atomic mass is 10.5. The van der Waals surface area contributed by atoms with E-state index >= 15 is 0 Å². The molecule has 1 atom stereocenters. The van der Waals surface area contributed by atoms with Gasteiger partial charge < -0.3 is 10.3 Å². The zero-order valence-electron chi connectivity index (χ0n) is 8.60. The van der Waals surface area contributed by atoms with Gasteiger partial charge in [0.05, 0.1) is 0 Å². The van der Waals surface area contributed by atoms with Crippen LogP contribution in [0.2, 0.25) is 0 Å². The third kappa shape index (κ3) is 2.56. The molecule has 0 saturated carbocycles. The third-order valence-electron chi connectivity index (χ3n) is 1.96. The summed E-state index contributed by atoms with van der Waals surface area (Å²) in [6.45, 7) is 0.125. The fourth-order valence-corrected chi connectivity index (χ4v) is 1.61. The van der Waals surface area contributed by atoms with Crippen molar-refractivity contribution in [3.8, 4) is 0 Å². The van der Waals surface area contributed by atoms with Crippen molar-refractivity contribution in [2.45, 2.75) is 6.54 Å². The van der Waals surface area contributed by atoms with Crippen LogP contribution in [0, 0.1) is 0 Å². The first-order valence-corrected chi connectivity index (χ1v) is 6.02. The molecule has 1 rings (SSSR count). The maximum absolute atomic E-state index is 11.5. The van der Waals surface area contributed by atoms with Gasteiger partial charge in [0.15, 0.2) is 0 Å².